The molecule has 1 atom stereocenters. The summed E-state index contributed by atoms with van der Waals surface area (Å²) in [4.78, 5) is 11.7. The van der Waals surface area contributed by atoms with E-state index in [0.717, 1.165) is 5.69 Å². The van der Waals surface area contributed by atoms with E-state index in [1.165, 1.54) is 5.56 Å². The van der Waals surface area contributed by atoms with E-state index in [9.17, 15) is 4.79 Å². The summed E-state index contributed by atoms with van der Waals surface area (Å²) in [5, 5.41) is 5.80. The lowest BCUT2D eigenvalue weighted by Crippen LogP contribution is -2.35. The van der Waals surface area contributed by atoms with Crippen molar-refractivity contribution in [3.05, 3.63) is 29.8 Å². The van der Waals surface area contributed by atoms with Crippen molar-refractivity contribution >= 4 is 11.6 Å². The first-order valence-electron chi connectivity index (χ1n) is 5.62. The summed E-state index contributed by atoms with van der Waals surface area (Å²) in [6.07, 6.45) is 0. The van der Waals surface area contributed by atoms with Gasteiger partial charge in [-0.15, -0.1) is 0 Å². The molecule has 16 heavy (non-hydrogen) atoms. The molecule has 0 spiro atoms. The van der Waals surface area contributed by atoms with Crippen molar-refractivity contribution in [3.63, 3.8) is 0 Å². The zero-order valence-electron chi connectivity index (χ0n) is 10.4. The van der Waals surface area contributed by atoms with Crippen LogP contribution in [-0.4, -0.2) is 19.0 Å². The van der Waals surface area contributed by atoms with E-state index < -0.39 is 0 Å². The number of nitrogens with one attached hydrogen (secondary N) is 2. The van der Waals surface area contributed by atoms with Crippen LogP contribution in [0.1, 0.15) is 32.3 Å². The number of hydrogen-bond acceptors (Lipinski definition) is 2. The minimum atomic E-state index is -0.178. The Morgan fingerprint density at radius 2 is 1.94 bits per heavy atom. The SMILES string of the molecule is CNC(C)C(=O)Nc1cccc(C(C)C)c1. The monoisotopic (exact) mass is 220 g/mol. The highest BCUT2D eigenvalue weighted by Gasteiger charge is 2.10. The molecule has 3 nitrogen and oxygen atoms in total. The fourth-order valence-corrected chi connectivity index (χ4v) is 1.36. The molecule has 1 aromatic carbocycles. The summed E-state index contributed by atoms with van der Waals surface area (Å²) in [5.74, 6) is 0.460. The predicted octanol–water partition coefficient (Wildman–Crippen LogP) is 2.36. The van der Waals surface area contributed by atoms with Crippen LogP contribution in [0.2, 0.25) is 0 Å². The average Bonchev–Trinajstić information content (AvgIpc) is 2.28. The molecule has 0 radical (unpaired) electrons. The molecule has 0 aromatic heterocycles. The van der Waals surface area contributed by atoms with Gasteiger partial charge in [-0.2, -0.15) is 0 Å². The van der Waals surface area contributed by atoms with Gasteiger partial charge in [0.2, 0.25) is 5.91 Å². The van der Waals surface area contributed by atoms with Crippen LogP contribution >= 0.6 is 0 Å². The van der Waals surface area contributed by atoms with Gasteiger partial charge in [0.25, 0.3) is 0 Å². The van der Waals surface area contributed by atoms with Crippen molar-refractivity contribution in [1.29, 1.82) is 0 Å². The van der Waals surface area contributed by atoms with E-state index >= 15 is 0 Å². The van der Waals surface area contributed by atoms with Gasteiger partial charge >= 0.3 is 0 Å². The van der Waals surface area contributed by atoms with Crippen molar-refractivity contribution in [3.8, 4) is 0 Å². The second-order valence-electron chi connectivity index (χ2n) is 4.28. The molecule has 88 valence electrons. The maximum absolute atomic E-state index is 11.7. The number of carbonyl (C=O) groups excluding carboxylic acids is 1. The number of carbonyl (C=O) groups is 1. The van der Waals surface area contributed by atoms with E-state index in [-0.39, 0.29) is 11.9 Å². The number of amides is 1. The third-order valence-electron chi connectivity index (χ3n) is 2.65. The lowest BCUT2D eigenvalue weighted by atomic mass is 10.0. The maximum Gasteiger partial charge on any atom is 0.241 e. The zero-order valence-corrected chi connectivity index (χ0v) is 10.4. The van der Waals surface area contributed by atoms with Gasteiger partial charge in [0.15, 0.2) is 0 Å². The molecule has 0 bridgehead atoms. The highest BCUT2D eigenvalue weighted by atomic mass is 16.2. The molecule has 0 aliphatic rings. The van der Waals surface area contributed by atoms with Crippen LogP contribution in [0.5, 0.6) is 0 Å². The third kappa shape index (κ3) is 3.35. The molecular formula is C13H20N2O. The minimum absolute atomic E-state index is 0.0107. The zero-order chi connectivity index (χ0) is 12.1. The third-order valence-corrected chi connectivity index (χ3v) is 2.65. The number of hydrogen-bond donors (Lipinski definition) is 2. The van der Waals surface area contributed by atoms with Crippen molar-refractivity contribution in [2.24, 2.45) is 0 Å². The first-order chi connectivity index (χ1) is 7.54. The number of anilines is 1. The van der Waals surface area contributed by atoms with E-state index in [1.54, 1.807) is 7.05 Å². The van der Waals surface area contributed by atoms with Crippen LogP contribution in [0.4, 0.5) is 5.69 Å². The van der Waals surface area contributed by atoms with E-state index in [0.29, 0.717) is 5.92 Å². The molecule has 1 amide bonds. The van der Waals surface area contributed by atoms with Gasteiger partial charge in [-0.05, 0) is 37.6 Å². The second kappa shape index (κ2) is 5.66. The largest absolute Gasteiger partial charge is 0.325 e. The first kappa shape index (κ1) is 12.7. The number of benzene rings is 1. The molecule has 0 saturated heterocycles. The summed E-state index contributed by atoms with van der Waals surface area (Å²) in [7, 11) is 1.77. The van der Waals surface area contributed by atoms with Crippen molar-refractivity contribution < 1.29 is 4.79 Å². The summed E-state index contributed by atoms with van der Waals surface area (Å²) >= 11 is 0. The quantitative estimate of drug-likeness (QED) is 0.818. The molecule has 0 heterocycles. The second-order valence-corrected chi connectivity index (χ2v) is 4.28. The van der Waals surface area contributed by atoms with Crippen LogP contribution in [-0.2, 0) is 4.79 Å². The van der Waals surface area contributed by atoms with Gasteiger partial charge in [0, 0.05) is 5.69 Å². The van der Waals surface area contributed by atoms with Gasteiger partial charge in [-0.25, -0.2) is 0 Å². The van der Waals surface area contributed by atoms with Gasteiger partial charge in [-0.3, -0.25) is 4.79 Å². The summed E-state index contributed by atoms with van der Waals surface area (Å²) in [5.41, 5.74) is 2.09. The molecule has 3 heteroatoms. The normalized spacial score (nSPS) is 12.6. The average molecular weight is 220 g/mol. The van der Waals surface area contributed by atoms with Gasteiger partial charge < -0.3 is 10.6 Å². The number of likely N-dealkylation sites (N-methyl/N-ethyl adjacent to an activating group) is 1. The van der Waals surface area contributed by atoms with Crippen LogP contribution in [0, 0.1) is 0 Å². The fraction of sp³-hybridized carbons (Fsp3) is 0.462. The minimum Gasteiger partial charge on any atom is -0.325 e. The molecule has 0 fully saturated rings. The lowest BCUT2D eigenvalue weighted by molar-refractivity contribution is -0.117. The van der Waals surface area contributed by atoms with Crippen molar-refractivity contribution in [2.45, 2.75) is 32.7 Å². The standard InChI is InChI=1S/C13H20N2O/c1-9(2)11-6-5-7-12(8-11)15-13(16)10(3)14-4/h5-10,14H,1-4H3,(H,15,16). The van der Waals surface area contributed by atoms with E-state index in [1.807, 2.05) is 25.1 Å². The summed E-state index contributed by atoms with van der Waals surface area (Å²) < 4.78 is 0. The number of rotatable bonds is 4. The Hall–Kier alpha value is -1.35. The Balaban J connectivity index is 2.74. The van der Waals surface area contributed by atoms with Gasteiger partial charge in [0.1, 0.15) is 0 Å². The Kier molecular flexibility index (Phi) is 4.50. The molecule has 0 saturated carbocycles. The molecule has 1 aromatic rings. The molecule has 2 N–H and O–H groups in total. The fourth-order valence-electron chi connectivity index (χ4n) is 1.36. The Morgan fingerprint density at radius 1 is 1.25 bits per heavy atom. The van der Waals surface area contributed by atoms with Crippen LogP contribution in [0.15, 0.2) is 24.3 Å². The highest BCUT2D eigenvalue weighted by Crippen LogP contribution is 2.18. The highest BCUT2D eigenvalue weighted by molar-refractivity contribution is 5.94. The van der Waals surface area contributed by atoms with Crippen LogP contribution in [0.25, 0.3) is 0 Å². The molecule has 1 unspecified atom stereocenters. The van der Waals surface area contributed by atoms with Gasteiger partial charge in [0.05, 0.1) is 6.04 Å². The van der Waals surface area contributed by atoms with Crippen molar-refractivity contribution in [2.75, 3.05) is 12.4 Å². The van der Waals surface area contributed by atoms with E-state index in [2.05, 4.69) is 30.5 Å². The van der Waals surface area contributed by atoms with Gasteiger partial charge in [-0.1, -0.05) is 26.0 Å². The summed E-state index contributed by atoms with van der Waals surface area (Å²) in [6.45, 7) is 6.11. The Morgan fingerprint density at radius 3 is 2.50 bits per heavy atom. The first-order valence-corrected chi connectivity index (χ1v) is 5.62. The summed E-state index contributed by atoms with van der Waals surface area (Å²) in [6, 6.07) is 7.79. The van der Waals surface area contributed by atoms with E-state index in [4.69, 9.17) is 0 Å². The predicted molar refractivity (Wildman–Crippen MR) is 67.7 cm³/mol. The molecule has 0 aliphatic carbocycles. The van der Waals surface area contributed by atoms with Crippen LogP contribution < -0.4 is 10.6 Å². The Labute approximate surface area is 97.2 Å². The van der Waals surface area contributed by atoms with Crippen molar-refractivity contribution in [1.82, 2.24) is 5.32 Å². The maximum atomic E-state index is 11.7. The molecule has 0 aliphatic heterocycles. The Bertz CT molecular complexity index is 361. The topological polar surface area (TPSA) is 41.1 Å². The molecular weight excluding hydrogens is 200 g/mol. The van der Waals surface area contributed by atoms with Crippen LogP contribution in [0.3, 0.4) is 0 Å². The lowest BCUT2D eigenvalue weighted by Gasteiger charge is -2.12. The smallest absolute Gasteiger partial charge is 0.241 e. The molecule has 1 rings (SSSR count).